The Kier molecular flexibility index (Phi) is 2.43. The summed E-state index contributed by atoms with van der Waals surface area (Å²) in [7, 11) is 0. The molecule has 2 rings (SSSR count). The van der Waals surface area contributed by atoms with Crippen LogP contribution in [0, 0.1) is 6.92 Å². The lowest BCUT2D eigenvalue weighted by Crippen LogP contribution is -1.72. The van der Waals surface area contributed by atoms with Crippen LogP contribution < -0.4 is 0 Å². The predicted octanol–water partition coefficient (Wildman–Crippen LogP) is 4.53. The molecule has 2 heteroatoms. The number of rotatable bonds is 1. The first kappa shape index (κ1) is 9.22. The van der Waals surface area contributed by atoms with Crippen LogP contribution in [-0.4, -0.2) is 0 Å². The van der Waals surface area contributed by atoms with Gasteiger partial charge in [-0.2, -0.15) is 0 Å². The highest BCUT2D eigenvalue weighted by molar-refractivity contribution is 9.10. The third-order valence-electron chi connectivity index (χ3n) is 2.22. The van der Waals surface area contributed by atoms with Crippen LogP contribution in [-0.2, 0) is 6.42 Å². The van der Waals surface area contributed by atoms with E-state index in [4.69, 9.17) is 0 Å². The van der Waals surface area contributed by atoms with Gasteiger partial charge >= 0.3 is 0 Å². The molecule has 0 aliphatic rings. The zero-order valence-corrected chi connectivity index (χ0v) is 10.1. The number of aryl methyl sites for hydroxylation is 2. The van der Waals surface area contributed by atoms with Crippen molar-refractivity contribution in [1.82, 2.24) is 0 Å². The number of hydrogen-bond donors (Lipinski definition) is 0. The minimum absolute atomic E-state index is 1.13. The maximum absolute atomic E-state index is 3.63. The van der Waals surface area contributed by atoms with Gasteiger partial charge in [0.2, 0.25) is 0 Å². The highest BCUT2D eigenvalue weighted by Gasteiger charge is 2.05. The van der Waals surface area contributed by atoms with Gasteiger partial charge in [-0.15, -0.1) is 11.3 Å². The van der Waals surface area contributed by atoms with E-state index in [-0.39, 0.29) is 0 Å². The molecular formula is C11H11BrS. The van der Waals surface area contributed by atoms with Gasteiger partial charge in [-0.05, 0) is 46.3 Å². The van der Waals surface area contributed by atoms with E-state index in [0.29, 0.717) is 0 Å². The second-order valence-corrected chi connectivity index (χ2v) is 5.11. The van der Waals surface area contributed by atoms with Gasteiger partial charge in [0.1, 0.15) is 0 Å². The summed E-state index contributed by atoms with van der Waals surface area (Å²) in [4.78, 5) is 1.46. The summed E-state index contributed by atoms with van der Waals surface area (Å²) in [5, 5.41) is 1.36. The summed E-state index contributed by atoms with van der Waals surface area (Å²) < 4.78 is 2.64. The molecule has 0 radical (unpaired) electrons. The van der Waals surface area contributed by atoms with Crippen LogP contribution in [0.25, 0.3) is 10.1 Å². The lowest BCUT2D eigenvalue weighted by atomic mass is 10.2. The zero-order chi connectivity index (χ0) is 9.42. The molecule has 0 aliphatic carbocycles. The molecule has 0 saturated heterocycles. The van der Waals surface area contributed by atoms with Gasteiger partial charge in [0.05, 0.1) is 0 Å². The SMILES string of the molecule is CCc1cc2ccc(C)c(Br)c2s1. The standard InChI is InChI=1S/C11H11BrS/c1-3-9-6-8-5-4-7(2)10(12)11(8)13-9/h4-6H,3H2,1-2H3. The van der Waals surface area contributed by atoms with Crippen LogP contribution in [0.1, 0.15) is 17.4 Å². The van der Waals surface area contributed by atoms with E-state index in [1.807, 2.05) is 11.3 Å². The summed E-state index contributed by atoms with van der Waals surface area (Å²) in [5.74, 6) is 0. The van der Waals surface area contributed by atoms with Crippen LogP contribution in [0.5, 0.6) is 0 Å². The molecule has 0 nitrogen and oxygen atoms in total. The Labute approximate surface area is 90.7 Å². The molecule has 1 heterocycles. The second-order valence-electron chi connectivity index (χ2n) is 3.18. The van der Waals surface area contributed by atoms with Gasteiger partial charge in [-0.3, -0.25) is 0 Å². The van der Waals surface area contributed by atoms with E-state index < -0.39 is 0 Å². The van der Waals surface area contributed by atoms with Crippen LogP contribution >= 0.6 is 27.3 Å². The lowest BCUT2D eigenvalue weighted by Gasteiger charge is -1.97. The predicted molar refractivity (Wildman–Crippen MR) is 63.6 cm³/mol. The Balaban J connectivity index is 2.76. The number of fused-ring (bicyclic) bond motifs is 1. The van der Waals surface area contributed by atoms with Crippen LogP contribution in [0.15, 0.2) is 22.7 Å². The van der Waals surface area contributed by atoms with Crippen molar-refractivity contribution in [2.75, 3.05) is 0 Å². The van der Waals surface area contributed by atoms with Crippen LogP contribution in [0.4, 0.5) is 0 Å². The summed E-state index contributed by atoms with van der Waals surface area (Å²) >= 11 is 5.52. The first-order valence-electron chi connectivity index (χ1n) is 4.40. The smallest absolute Gasteiger partial charge is 0.0490 e. The molecule has 0 fully saturated rings. The van der Waals surface area contributed by atoms with E-state index in [0.717, 1.165) is 6.42 Å². The monoisotopic (exact) mass is 254 g/mol. The summed E-state index contributed by atoms with van der Waals surface area (Å²) in [6, 6.07) is 6.65. The largest absolute Gasteiger partial charge is 0.139 e. The Hall–Kier alpha value is -0.340. The van der Waals surface area contributed by atoms with Gasteiger partial charge in [-0.25, -0.2) is 0 Å². The topological polar surface area (TPSA) is 0 Å². The molecule has 68 valence electrons. The summed E-state index contributed by atoms with van der Waals surface area (Å²) in [6.45, 7) is 4.33. The maximum Gasteiger partial charge on any atom is 0.0490 e. The molecule has 13 heavy (non-hydrogen) atoms. The normalized spacial score (nSPS) is 11.0. The van der Waals surface area contributed by atoms with Crippen molar-refractivity contribution in [3.63, 3.8) is 0 Å². The fraction of sp³-hybridized carbons (Fsp3) is 0.273. The van der Waals surface area contributed by atoms with E-state index in [2.05, 4.69) is 48.0 Å². The van der Waals surface area contributed by atoms with Crippen molar-refractivity contribution in [3.8, 4) is 0 Å². The highest BCUT2D eigenvalue weighted by Crippen LogP contribution is 2.34. The second kappa shape index (κ2) is 3.43. The molecule has 0 amide bonds. The van der Waals surface area contributed by atoms with Gasteiger partial charge in [0, 0.05) is 14.0 Å². The fourth-order valence-corrected chi connectivity index (χ4v) is 3.09. The average molecular weight is 255 g/mol. The van der Waals surface area contributed by atoms with E-state index in [1.165, 1.54) is 25.0 Å². The number of thiophene rings is 1. The van der Waals surface area contributed by atoms with Gasteiger partial charge in [0.15, 0.2) is 0 Å². The van der Waals surface area contributed by atoms with Crippen molar-refractivity contribution in [3.05, 3.63) is 33.1 Å². The van der Waals surface area contributed by atoms with Crippen LogP contribution in [0.3, 0.4) is 0 Å². The van der Waals surface area contributed by atoms with Crippen molar-refractivity contribution in [2.24, 2.45) is 0 Å². The average Bonchev–Trinajstić information content (AvgIpc) is 2.55. The maximum atomic E-state index is 3.63. The number of halogens is 1. The minimum Gasteiger partial charge on any atom is -0.139 e. The number of benzene rings is 1. The lowest BCUT2D eigenvalue weighted by molar-refractivity contribution is 1.19. The summed E-state index contributed by atoms with van der Waals surface area (Å²) in [6.07, 6.45) is 1.13. The molecule has 0 bridgehead atoms. The van der Waals surface area contributed by atoms with Crippen LogP contribution in [0.2, 0.25) is 0 Å². The molecule has 2 aromatic rings. The van der Waals surface area contributed by atoms with Crippen molar-refractivity contribution in [2.45, 2.75) is 20.3 Å². The first-order valence-corrected chi connectivity index (χ1v) is 6.01. The van der Waals surface area contributed by atoms with E-state index in [1.54, 1.807) is 0 Å². The molecule has 0 spiro atoms. The minimum atomic E-state index is 1.13. The third kappa shape index (κ3) is 1.53. The molecule has 1 aromatic heterocycles. The molecule has 1 aromatic carbocycles. The third-order valence-corrected chi connectivity index (χ3v) is 4.82. The molecular weight excluding hydrogens is 244 g/mol. The van der Waals surface area contributed by atoms with E-state index >= 15 is 0 Å². The van der Waals surface area contributed by atoms with Crippen molar-refractivity contribution in [1.29, 1.82) is 0 Å². The zero-order valence-electron chi connectivity index (χ0n) is 7.73. The number of hydrogen-bond acceptors (Lipinski definition) is 1. The van der Waals surface area contributed by atoms with Gasteiger partial charge in [0.25, 0.3) is 0 Å². The Bertz CT molecular complexity index is 443. The molecule has 0 saturated carbocycles. The van der Waals surface area contributed by atoms with Crippen molar-refractivity contribution >= 4 is 37.4 Å². The molecule has 0 unspecified atom stereocenters. The Morgan fingerprint density at radius 2 is 2.15 bits per heavy atom. The quantitative estimate of drug-likeness (QED) is 0.702. The Morgan fingerprint density at radius 1 is 1.38 bits per heavy atom. The Morgan fingerprint density at radius 3 is 2.85 bits per heavy atom. The summed E-state index contributed by atoms with van der Waals surface area (Å²) in [5.41, 5.74) is 1.32. The van der Waals surface area contributed by atoms with E-state index in [9.17, 15) is 0 Å². The molecule has 0 N–H and O–H groups in total. The highest BCUT2D eigenvalue weighted by atomic mass is 79.9. The molecule has 0 atom stereocenters. The molecule has 0 aliphatic heterocycles. The van der Waals surface area contributed by atoms with Gasteiger partial charge in [-0.1, -0.05) is 19.1 Å². The first-order chi connectivity index (χ1) is 6.22. The fourth-order valence-electron chi connectivity index (χ4n) is 1.40. The van der Waals surface area contributed by atoms with Crippen molar-refractivity contribution < 1.29 is 0 Å². The van der Waals surface area contributed by atoms with Gasteiger partial charge < -0.3 is 0 Å².